The van der Waals surface area contributed by atoms with Crippen LogP contribution in [0, 0.1) is 0 Å². The number of hydrogen-bond acceptors (Lipinski definition) is 4. The number of fused-ring (bicyclic) bond motifs is 1. The van der Waals surface area contributed by atoms with Gasteiger partial charge < -0.3 is 14.5 Å². The molecule has 1 amide bonds. The summed E-state index contributed by atoms with van der Waals surface area (Å²) in [6.07, 6.45) is 0. The summed E-state index contributed by atoms with van der Waals surface area (Å²) in [6.45, 7) is 2.07. The van der Waals surface area contributed by atoms with Crippen LogP contribution >= 0.6 is 15.9 Å². The van der Waals surface area contributed by atoms with E-state index >= 15 is 0 Å². The monoisotopic (exact) mass is 387 g/mol. The Bertz CT molecular complexity index is 899. The van der Waals surface area contributed by atoms with Crippen molar-refractivity contribution >= 4 is 44.5 Å². The number of rotatable bonds is 4. The number of amides is 1. The fourth-order valence-electron chi connectivity index (χ4n) is 2.22. The Balaban J connectivity index is 1.74. The molecule has 2 aromatic carbocycles. The summed E-state index contributed by atoms with van der Waals surface area (Å²) in [6, 6.07) is 13.7. The Morgan fingerprint density at radius 2 is 1.88 bits per heavy atom. The van der Waals surface area contributed by atoms with E-state index in [1.165, 1.54) is 0 Å². The van der Waals surface area contributed by atoms with Crippen LogP contribution in [0.4, 0.5) is 5.69 Å². The lowest BCUT2D eigenvalue weighted by atomic mass is 10.2. The van der Waals surface area contributed by atoms with Gasteiger partial charge in [-0.2, -0.15) is 0 Å². The second-order valence-electron chi connectivity index (χ2n) is 5.04. The second kappa shape index (κ2) is 6.88. The molecule has 0 atom stereocenters. The summed E-state index contributed by atoms with van der Waals surface area (Å²) in [5.41, 5.74) is 1.64. The lowest BCUT2D eigenvalue weighted by Gasteiger charge is -2.05. The van der Waals surface area contributed by atoms with E-state index in [0.717, 1.165) is 9.86 Å². The highest BCUT2D eigenvalue weighted by molar-refractivity contribution is 9.10. The van der Waals surface area contributed by atoms with Crippen LogP contribution in [-0.2, 0) is 4.74 Å². The average molecular weight is 388 g/mol. The number of ether oxygens (including phenoxy) is 1. The first-order valence-electron chi connectivity index (χ1n) is 7.34. The minimum atomic E-state index is -0.391. The number of carbonyl (C=O) groups excluding carboxylic acids is 2. The zero-order valence-electron chi connectivity index (χ0n) is 12.8. The molecule has 0 spiro atoms. The molecular formula is C18H14BrNO4. The van der Waals surface area contributed by atoms with E-state index < -0.39 is 5.97 Å². The summed E-state index contributed by atoms with van der Waals surface area (Å²) in [7, 11) is 0. The number of halogens is 1. The first-order chi connectivity index (χ1) is 11.6. The molecule has 0 unspecified atom stereocenters. The molecule has 24 heavy (non-hydrogen) atoms. The van der Waals surface area contributed by atoms with E-state index in [1.54, 1.807) is 43.3 Å². The molecule has 0 bridgehead atoms. The van der Waals surface area contributed by atoms with Gasteiger partial charge >= 0.3 is 5.97 Å². The van der Waals surface area contributed by atoms with Gasteiger partial charge in [0.1, 0.15) is 5.58 Å². The molecule has 122 valence electrons. The van der Waals surface area contributed by atoms with Crippen molar-refractivity contribution < 1.29 is 18.7 Å². The predicted octanol–water partition coefficient (Wildman–Crippen LogP) is 4.62. The minimum Gasteiger partial charge on any atom is -0.462 e. The second-order valence-corrected chi connectivity index (χ2v) is 5.96. The number of anilines is 1. The van der Waals surface area contributed by atoms with Gasteiger partial charge in [0.2, 0.25) is 0 Å². The van der Waals surface area contributed by atoms with Crippen LogP contribution in [0.3, 0.4) is 0 Å². The quantitative estimate of drug-likeness (QED) is 0.662. The highest BCUT2D eigenvalue weighted by Crippen LogP contribution is 2.24. The van der Waals surface area contributed by atoms with Crippen molar-refractivity contribution in [3.63, 3.8) is 0 Å². The smallest absolute Gasteiger partial charge is 0.338 e. The molecule has 1 N–H and O–H groups in total. The Hall–Kier alpha value is -2.60. The van der Waals surface area contributed by atoms with Gasteiger partial charge in [-0.25, -0.2) is 4.79 Å². The highest BCUT2D eigenvalue weighted by Gasteiger charge is 2.13. The van der Waals surface area contributed by atoms with Crippen molar-refractivity contribution in [3.8, 4) is 0 Å². The predicted molar refractivity (Wildman–Crippen MR) is 94.3 cm³/mol. The first kappa shape index (κ1) is 16.3. The topological polar surface area (TPSA) is 68.5 Å². The Kier molecular flexibility index (Phi) is 4.66. The summed E-state index contributed by atoms with van der Waals surface area (Å²) >= 11 is 3.38. The van der Waals surface area contributed by atoms with Crippen molar-refractivity contribution in [2.45, 2.75) is 6.92 Å². The number of furan rings is 1. The van der Waals surface area contributed by atoms with Gasteiger partial charge in [0.05, 0.1) is 12.2 Å². The van der Waals surface area contributed by atoms with Crippen LogP contribution in [0.25, 0.3) is 11.0 Å². The molecular weight excluding hydrogens is 374 g/mol. The van der Waals surface area contributed by atoms with E-state index in [0.29, 0.717) is 23.4 Å². The lowest BCUT2D eigenvalue weighted by Crippen LogP contribution is -2.11. The van der Waals surface area contributed by atoms with Gasteiger partial charge in [-0.05, 0) is 55.5 Å². The van der Waals surface area contributed by atoms with E-state index in [2.05, 4.69) is 21.2 Å². The normalized spacial score (nSPS) is 10.6. The molecule has 0 saturated carbocycles. The van der Waals surface area contributed by atoms with Gasteiger partial charge in [0.25, 0.3) is 5.91 Å². The van der Waals surface area contributed by atoms with Crippen LogP contribution < -0.4 is 5.32 Å². The van der Waals surface area contributed by atoms with E-state index in [4.69, 9.17) is 9.15 Å². The molecule has 0 aliphatic carbocycles. The first-order valence-corrected chi connectivity index (χ1v) is 8.14. The van der Waals surface area contributed by atoms with E-state index in [1.807, 2.05) is 12.1 Å². The maximum atomic E-state index is 12.3. The van der Waals surface area contributed by atoms with Gasteiger partial charge in [0.15, 0.2) is 5.76 Å². The van der Waals surface area contributed by atoms with Crippen LogP contribution in [-0.4, -0.2) is 18.5 Å². The number of carbonyl (C=O) groups is 2. The summed E-state index contributed by atoms with van der Waals surface area (Å²) in [5, 5.41) is 3.58. The van der Waals surface area contributed by atoms with Gasteiger partial charge in [-0.3, -0.25) is 4.79 Å². The zero-order chi connectivity index (χ0) is 17.1. The van der Waals surface area contributed by atoms with Crippen LogP contribution in [0.15, 0.2) is 57.4 Å². The Morgan fingerprint density at radius 1 is 1.12 bits per heavy atom. The van der Waals surface area contributed by atoms with Crippen LogP contribution in [0.5, 0.6) is 0 Å². The zero-order valence-corrected chi connectivity index (χ0v) is 14.4. The van der Waals surface area contributed by atoms with Gasteiger partial charge in [-0.1, -0.05) is 15.9 Å². The van der Waals surface area contributed by atoms with Gasteiger partial charge in [-0.15, -0.1) is 0 Å². The van der Waals surface area contributed by atoms with Crippen LogP contribution in [0.2, 0.25) is 0 Å². The molecule has 0 aliphatic heterocycles. The average Bonchev–Trinajstić information content (AvgIpc) is 2.99. The molecule has 3 rings (SSSR count). The molecule has 0 saturated heterocycles. The fraction of sp³-hybridized carbons (Fsp3) is 0.111. The van der Waals surface area contributed by atoms with Crippen molar-refractivity contribution in [1.29, 1.82) is 0 Å². The van der Waals surface area contributed by atoms with Crippen molar-refractivity contribution in [1.82, 2.24) is 0 Å². The molecule has 5 nitrogen and oxygen atoms in total. The molecule has 1 aromatic heterocycles. The lowest BCUT2D eigenvalue weighted by molar-refractivity contribution is 0.0526. The van der Waals surface area contributed by atoms with E-state index in [9.17, 15) is 9.59 Å². The Labute approximate surface area is 146 Å². The number of hydrogen-bond donors (Lipinski definition) is 1. The third-order valence-electron chi connectivity index (χ3n) is 3.36. The Morgan fingerprint density at radius 3 is 2.58 bits per heavy atom. The molecule has 0 radical (unpaired) electrons. The van der Waals surface area contributed by atoms with Crippen molar-refractivity contribution in [2.75, 3.05) is 11.9 Å². The summed E-state index contributed by atoms with van der Waals surface area (Å²) < 4.78 is 11.4. The van der Waals surface area contributed by atoms with E-state index in [-0.39, 0.29) is 11.7 Å². The molecule has 6 heteroatoms. The highest BCUT2D eigenvalue weighted by atomic mass is 79.9. The minimum absolute atomic E-state index is 0.220. The standard InChI is InChI=1S/C18H14BrNO4/c1-2-23-18(22)11-3-6-14(7-4-11)20-17(21)16-10-12-9-13(19)5-8-15(12)24-16/h3-10H,2H2,1H3,(H,20,21). The third-order valence-corrected chi connectivity index (χ3v) is 3.85. The van der Waals surface area contributed by atoms with Crippen molar-refractivity contribution in [2.24, 2.45) is 0 Å². The maximum Gasteiger partial charge on any atom is 0.338 e. The molecule has 3 aromatic rings. The van der Waals surface area contributed by atoms with Gasteiger partial charge in [0, 0.05) is 15.5 Å². The molecule has 0 aliphatic rings. The number of nitrogens with one attached hydrogen (secondary N) is 1. The number of benzene rings is 2. The summed E-state index contributed by atoms with van der Waals surface area (Å²) in [5.74, 6) is -0.526. The molecule has 1 heterocycles. The maximum absolute atomic E-state index is 12.3. The van der Waals surface area contributed by atoms with Crippen molar-refractivity contribution in [3.05, 3.63) is 64.3 Å². The fourth-order valence-corrected chi connectivity index (χ4v) is 2.60. The largest absolute Gasteiger partial charge is 0.462 e. The SMILES string of the molecule is CCOC(=O)c1ccc(NC(=O)c2cc3cc(Br)ccc3o2)cc1. The third kappa shape index (κ3) is 3.49. The summed E-state index contributed by atoms with van der Waals surface area (Å²) in [4.78, 5) is 23.9. The number of esters is 1. The van der Waals surface area contributed by atoms with Crippen LogP contribution in [0.1, 0.15) is 27.8 Å². The molecule has 0 fully saturated rings.